The lowest BCUT2D eigenvalue weighted by atomic mass is 9.70. The number of amides is 3. The Bertz CT molecular complexity index is 1490. The summed E-state index contributed by atoms with van der Waals surface area (Å²) in [6, 6.07) is 16.9. The smallest absolute Gasteiger partial charge is 0.313 e. The number of ether oxygens (including phenoxy) is 3. The number of esters is 1. The molecule has 11 heteroatoms. The Kier molecular flexibility index (Phi) is 12.0. The van der Waals surface area contributed by atoms with E-state index in [-0.39, 0.29) is 56.9 Å². The van der Waals surface area contributed by atoms with Gasteiger partial charge in [0.25, 0.3) is 0 Å². The Morgan fingerprint density at radius 2 is 1.84 bits per heavy atom. The van der Waals surface area contributed by atoms with Crippen molar-refractivity contribution in [2.45, 2.75) is 68.5 Å². The highest BCUT2D eigenvalue weighted by atomic mass is 16.6. The van der Waals surface area contributed by atoms with E-state index < -0.39 is 47.7 Å². The number of fused-ring (bicyclic) bond motifs is 1. The summed E-state index contributed by atoms with van der Waals surface area (Å²) >= 11 is 0. The van der Waals surface area contributed by atoms with E-state index in [9.17, 15) is 24.3 Å². The number of allylic oxidation sites excluding steroid dienone is 1. The van der Waals surface area contributed by atoms with Crippen LogP contribution >= 0.6 is 0 Å². The lowest BCUT2D eigenvalue weighted by molar-refractivity contribution is -0.163. The van der Waals surface area contributed by atoms with Gasteiger partial charge in [-0.1, -0.05) is 72.8 Å². The SMILES string of the molecule is C=CCCC(=O)N[C@H](COC)[C@H](OC(=O)[C@@H]1[C@H]2C(=O)N(CCCO)[C@H](C(=O)N(CC=C)Cc3ccccc3)[C@]23CC[C@H]1O3)c1ccccc1. The highest BCUT2D eigenvalue weighted by molar-refractivity contribution is 5.98. The van der Waals surface area contributed by atoms with Gasteiger partial charge in [-0.2, -0.15) is 0 Å². The maximum absolute atomic E-state index is 14.5. The number of benzene rings is 2. The van der Waals surface area contributed by atoms with Gasteiger partial charge in [0.1, 0.15) is 17.7 Å². The molecule has 5 rings (SSSR count). The Balaban J connectivity index is 1.46. The summed E-state index contributed by atoms with van der Waals surface area (Å²) in [7, 11) is 1.50. The van der Waals surface area contributed by atoms with Gasteiger partial charge in [0.05, 0.1) is 30.6 Å². The molecule has 2 bridgehead atoms. The number of rotatable bonds is 18. The third kappa shape index (κ3) is 7.49. The van der Waals surface area contributed by atoms with E-state index in [1.54, 1.807) is 17.1 Å². The van der Waals surface area contributed by atoms with Gasteiger partial charge in [-0.15, -0.1) is 13.2 Å². The van der Waals surface area contributed by atoms with Crippen LogP contribution in [-0.4, -0.2) is 95.8 Å². The molecule has 0 aliphatic carbocycles. The first-order valence-electron chi connectivity index (χ1n) is 17.0. The molecular formula is C38H47N3O8. The third-order valence-electron chi connectivity index (χ3n) is 9.75. The molecule has 2 N–H and O–H groups in total. The lowest BCUT2D eigenvalue weighted by Crippen LogP contribution is -2.56. The fourth-order valence-corrected chi connectivity index (χ4v) is 7.67. The number of nitrogens with zero attached hydrogens (tertiary/aromatic N) is 2. The third-order valence-corrected chi connectivity index (χ3v) is 9.75. The first kappa shape index (κ1) is 36.0. The Hall–Kier alpha value is -4.32. The van der Waals surface area contributed by atoms with Crippen molar-refractivity contribution < 1.29 is 38.5 Å². The Morgan fingerprint density at radius 3 is 2.49 bits per heavy atom. The maximum Gasteiger partial charge on any atom is 0.313 e. The number of likely N-dealkylation sites (tertiary alicyclic amines) is 1. The molecule has 3 aliphatic rings. The number of carbonyl (C=O) groups excluding carboxylic acids is 4. The van der Waals surface area contributed by atoms with E-state index in [4.69, 9.17) is 14.2 Å². The number of aliphatic hydroxyl groups is 1. The average molecular weight is 674 g/mol. The molecule has 3 amide bonds. The molecule has 1 spiro atoms. The van der Waals surface area contributed by atoms with Crippen molar-refractivity contribution in [2.24, 2.45) is 11.8 Å². The predicted octanol–water partition coefficient (Wildman–Crippen LogP) is 3.34. The van der Waals surface area contributed by atoms with Gasteiger partial charge >= 0.3 is 5.97 Å². The normalized spacial score (nSPS) is 24.9. The zero-order chi connectivity index (χ0) is 35.0. The van der Waals surface area contributed by atoms with Gasteiger partial charge in [0, 0.05) is 39.8 Å². The minimum atomic E-state index is -1.23. The van der Waals surface area contributed by atoms with Crippen molar-refractivity contribution in [3.05, 3.63) is 97.1 Å². The zero-order valence-corrected chi connectivity index (χ0v) is 28.1. The summed E-state index contributed by atoms with van der Waals surface area (Å²) in [5.74, 6) is -3.46. The van der Waals surface area contributed by atoms with Crippen LogP contribution in [0, 0.1) is 11.8 Å². The van der Waals surface area contributed by atoms with Crippen LogP contribution in [0.3, 0.4) is 0 Å². The first-order chi connectivity index (χ1) is 23.8. The molecule has 0 saturated carbocycles. The summed E-state index contributed by atoms with van der Waals surface area (Å²) in [5.41, 5.74) is 0.337. The monoisotopic (exact) mass is 673 g/mol. The fourth-order valence-electron chi connectivity index (χ4n) is 7.67. The van der Waals surface area contributed by atoms with Gasteiger partial charge in [-0.05, 0) is 36.8 Å². The molecular weight excluding hydrogens is 626 g/mol. The number of carbonyl (C=O) groups is 4. The maximum atomic E-state index is 14.5. The van der Waals surface area contributed by atoms with Crippen LogP contribution in [0.2, 0.25) is 0 Å². The van der Waals surface area contributed by atoms with Crippen LogP contribution in [0.15, 0.2) is 86.0 Å². The van der Waals surface area contributed by atoms with Crippen LogP contribution in [0.25, 0.3) is 0 Å². The summed E-state index contributed by atoms with van der Waals surface area (Å²) < 4.78 is 18.3. The highest BCUT2D eigenvalue weighted by Gasteiger charge is 2.75. The molecule has 0 unspecified atom stereocenters. The molecule has 0 aromatic heterocycles. The minimum Gasteiger partial charge on any atom is -0.455 e. The largest absolute Gasteiger partial charge is 0.455 e. The van der Waals surface area contributed by atoms with Crippen molar-refractivity contribution in [1.82, 2.24) is 15.1 Å². The van der Waals surface area contributed by atoms with Gasteiger partial charge in [0.2, 0.25) is 17.7 Å². The average Bonchev–Trinajstić information content (AvgIpc) is 3.76. The minimum absolute atomic E-state index is 0.0651. The standard InChI is InChI=1S/C38H47N3O8/c1-4-6-18-30(43)39-28(25-47-3)33(27-16-11-8-12-17-27)48-37(46)31-29-19-20-38(49-29)32(31)35(44)41(22-13-23-42)34(38)36(45)40(21-5-2)24-26-14-9-7-10-15-26/h4-5,7-12,14-17,28-29,31-34,42H,1-2,6,13,18-25H2,3H3,(H,39,43)/t28-,29-,31+,32+,33-,34-,38+/m1/s1. The fraction of sp³-hybridized carbons (Fsp3) is 0.474. The van der Waals surface area contributed by atoms with E-state index in [1.165, 1.54) is 12.0 Å². The molecule has 7 atom stereocenters. The second kappa shape index (κ2) is 16.4. The zero-order valence-electron chi connectivity index (χ0n) is 28.1. The van der Waals surface area contributed by atoms with Gasteiger partial charge in [-0.3, -0.25) is 19.2 Å². The predicted molar refractivity (Wildman–Crippen MR) is 182 cm³/mol. The van der Waals surface area contributed by atoms with Crippen LogP contribution in [-0.2, 0) is 39.9 Å². The van der Waals surface area contributed by atoms with Gasteiger partial charge < -0.3 is 34.4 Å². The molecule has 3 fully saturated rings. The molecule has 11 nitrogen and oxygen atoms in total. The number of aliphatic hydroxyl groups excluding tert-OH is 1. The quantitative estimate of drug-likeness (QED) is 0.182. The van der Waals surface area contributed by atoms with Crippen molar-refractivity contribution in [1.29, 1.82) is 0 Å². The molecule has 2 aromatic carbocycles. The molecule has 2 aromatic rings. The topological polar surface area (TPSA) is 135 Å². The van der Waals surface area contributed by atoms with Crippen molar-refractivity contribution in [3.63, 3.8) is 0 Å². The van der Waals surface area contributed by atoms with E-state index in [0.717, 1.165) is 5.56 Å². The van der Waals surface area contributed by atoms with Crippen molar-refractivity contribution in [3.8, 4) is 0 Å². The molecule has 3 aliphatic heterocycles. The highest BCUT2D eigenvalue weighted by Crippen LogP contribution is 2.59. The number of nitrogens with one attached hydrogen (secondary N) is 1. The first-order valence-corrected chi connectivity index (χ1v) is 17.0. The number of methoxy groups -OCH3 is 1. The van der Waals surface area contributed by atoms with Crippen LogP contribution < -0.4 is 5.32 Å². The van der Waals surface area contributed by atoms with E-state index in [1.807, 2.05) is 60.7 Å². The molecule has 0 radical (unpaired) electrons. The molecule has 3 heterocycles. The van der Waals surface area contributed by atoms with Crippen LogP contribution in [0.5, 0.6) is 0 Å². The van der Waals surface area contributed by atoms with Crippen LogP contribution in [0.1, 0.15) is 49.3 Å². The van der Waals surface area contributed by atoms with Gasteiger partial charge in [0.15, 0.2) is 0 Å². The summed E-state index contributed by atoms with van der Waals surface area (Å²) in [4.78, 5) is 59.2. The Morgan fingerprint density at radius 1 is 1.12 bits per heavy atom. The van der Waals surface area contributed by atoms with Crippen molar-refractivity contribution >= 4 is 23.7 Å². The van der Waals surface area contributed by atoms with Crippen molar-refractivity contribution in [2.75, 3.05) is 33.4 Å². The number of hydrogen-bond donors (Lipinski definition) is 2. The summed E-state index contributed by atoms with van der Waals surface area (Å²) in [6.07, 6.45) is 3.60. The summed E-state index contributed by atoms with van der Waals surface area (Å²) in [5, 5.41) is 12.7. The number of hydrogen-bond acceptors (Lipinski definition) is 8. The molecule has 262 valence electrons. The molecule has 3 saturated heterocycles. The lowest BCUT2D eigenvalue weighted by Gasteiger charge is -2.37. The van der Waals surface area contributed by atoms with Gasteiger partial charge in [-0.25, -0.2) is 0 Å². The second-order valence-corrected chi connectivity index (χ2v) is 12.9. The second-order valence-electron chi connectivity index (χ2n) is 12.9. The Labute approximate surface area is 287 Å². The van der Waals surface area contributed by atoms with Crippen LogP contribution in [0.4, 0.5) is 0 Å². The van der Waals surface area contributed by atoms with E-state index in [2.05, 4.69) is 18.5 Å². The van der Waals surface area contributed by atoms with E-state index in [0.29, 0.717) is 31.4 Å². The van der Waals surface area contributed by atoms with E-state index >= 15 is 0 Å². The molecule has 49 heavy (non-hydrogen) atoms. The summed E-state index contributed by atoms with van der Waals surface area (Å²) in [6.45, 7) is 8.12.